The van der Waals surface area contributed by atoms with Crippen LogP contribution in [0.2, 0.25) is 0 Å². The highest BCUT2D eigenvalue weighted by Crippen LogP contribution is 2.30. The minimum atomic E-state index is -0.454. The van der Waals surface area contributed by atoms with Crippen molar-refractivity contribution in [1.82, 2.24) is 29.2 Å². The van der Waals surface area contributed by atoms with E-state index in [9.17, 15) is 4.79 Å². The number of aryl methyl sites for hydroxylation is 1. The average Bonchev–Trinajstić information content (AvgIpc) is 3.42. The zero-order chi connectivity index (χ0) is 21.4. The SMILES string of the molecule is COC(=O)c1ccn2ncnc(Nc3ccc(Oc4ccn5ncnc5c4)c(C)c3)c12. The Morgan fingerprint density at radius 3 is 2.65 bits per heavy atom. The molecule has 4 heterocycles. The summed E-state index contributed by atoms with van der Waals surface area (Å²) in [6.45, 7) is 1.95. The van der Waals surface area contributed by atoms with Crippen molar-refractivity contribution in [2.24, 2.45) is 0 Å². The lowest BCUT2D eigenvalue weighted by atomic mass is 10.2. The average molecular weight is 415 g/mol. The predicted octanol–water partition coefficient (Wildman–Crippen LogP) is 3.40. The fourth-order valence-corrected chi connectivity index (χ4v) is 3.29. The van der Waals surface area contributed by atoms with Crippen molar-refractivity contribution in [2.75, 3.05) is 12.4 Å². The zero-order valence-corrected chi connectivity index (χ0v) is 16.7. The predicted molar refractivity (Wildman–Crippen MR) is 112 cm³/mol. The van der Waals surface area contributed by atoms with Crippen LogP contribution in [0.4, 0.5) is 11.5 Å². The summed E-state index contributed by atoms with van der Waals surface area (Å²) in [7, 11) is 1.34. The van der Waals surface area contributed by atoms with Gasteiger partial charge in [-0.3, -0.25) is 0 Å². The van der Waals surface area contributed by atoms with Crippen LogP contribution in [0.25, 0.3) is 11.2 Å². The molecule has 0 unspecified atom stereocenters. The molecule has 0 bridgehead atoms. The van der Waals surface area contributed by atoms with Crippen molar-refractivity contribution in [3.63, 3.8) is 0 Å². The number of nitrogens with zero attached hydrogens (tertiary/aromatic N) is 6. The molecule has 5 aromatic rings. The lowest BCUT2D eigenvalue weighted by Crippen LogP contribution is -2.05. The molecule has 0 aliphatic rings. The number of carbonyl (C=O) groups excluding carboxylic acids is 1. The highest BCUT2D eigenvalue weighted by Gasteiger charge is 2.17. The number of aromatic nitrogens is 6. The molecule has 1 aromatic carbocycles. The highest BCUT2D eigenvalue weighted by atomic mass is 16.5. The Morgan fingerprint density at radius 1 is 1.00 bits per heavy atom. The lowest BCUT2D eigenvalue weighted by molar-refractivity contribution is 0.0603. The lowest BCUT2D eigenvalue weighted by Gasteiger charge is -2.12. The number of pyridine rings is 1. The molecule has 0 atom stereocenters. The molecule has 10 heteroatoms. The van der Waals surface area contributed by atoms with Gasteiger partial charge in [0.15, 0.2) is 11.5 Å². The Morgan fingerprint density at radius 2 is 1.81 bits per heavy atom. The first-order valence-corrected chi connectivity index (χ1v) is 9.38. The third-order valence-corrected chi connectivity index (χ3v) is 4.78. The van der Waals surface area contributed by atoms with Gasteiger partial charge in [-0.2, -0.15) is 10.2 Å². The molecule has 154 valence electrons. The van der Waals surface area contributed by atoms with Crippen molar-refractivity contribution in [1.29, 1.82) is 0 Å². The summed E-state index contributed by atoms with van der Waals surface area (Å²) in [5.41, 5.74) is 3.32. The zero-order valence-electron chi connectivity index (χ0n) is 16.7. The number of fused-ring (bicyclic) bond motifs is 2. The number of nitrogens with one attached hydrogen (secondary N) is 1. The van der Waals surface area contributed by atoms with Gasteiger partial charge in [-0.1, -0.05) is 0 Å². The van der Waals surface area contributed by atoms with Crippen LogP contribution in [0.1, 0.15) is 15.9 Å². The maximum Gasteiger partial charge on any atom is 0.340 e. The van der Waals surface area contributed by atoms with E-state index in [0.717, 1.165) is 11.3 Å². The van der Waals surface area contributed by atoms with Crippen molar-refractivity contribution < 1.29 is 14.3 Å². The maximum absolute atomic E-state index is 12.1. The molecule has 10 nitrogen and oxygen atoms in total. The maximum atomic E-state index is 12.1. The Kier molecular flexibility index (Phi) is 4.43. The fourth-order valence-electron chi connectivity index (χ4n) is 3.29. The molecule has 0 aliphatic carbocycles. The van der Waals surface area contributed by atoms with Gasteiger partial charge in [0, 0.05) is 24.1 Å². The Bertz CT molecular complexity index is 1420. The molecule has 1 N–H and O–H groups in total. The minimum Gasteiger partial charge on any atom is -0.465 e. The number of hydrogen-bond acceptors (Lipinski definition) is 8. The normalized spacial score (nSPS) is 11.0. The number of methoxy groups -OCH3 is 1. The summed E-state index contributed by atoms with van der Waals surface area (Å²) in [6, 6.07) is 11.0. The molecule has 0 saturated heterocycles. The Balaban J connectivity index is 1.43. The monoisotopic (exact) mass is 415 g/mol. The van der Waals surface area contributed by atoms with Crippen LogP contribution >= 0.6 is 0 Å². The van der Waals surface area contributed by atoms with E-state index in [1.54, 1.807) is 27.5 Å². The summed E-state index contributed by atoms with van der Waals surface area (Å²) in [4.78, 5) is 20.5. The molecule has 0 saturated carbocycles. The number of anilines is 2. The van der Waals surface area contributed by atoms with Crippen LogP contribution in [0.5, 0.6) is 11.5 Å². The molecular weight excluding hydrogens is 398 g/mol. The molecular formula is C21H17N7O3. The number of rotatable bonds is 5. The van der Waals surface area contributed by atoms with Gasteiger partial charge >= 0.3 is 5.97 Å². The highest BCUT2D eigenvalue weighted by molar-refractivity contribution is 6.00. The van der Waals surface area contributed by atoms with E-state index < -0.39 is 5.97 Å². The van der Waals surface area contributed by atoms with Crippen LogP contribution in [-0.4, -0.2) is 42.3 Å². The quantitative estimate of drug-likeness (QED) is 0.435. The second-order valence-electron chi connectivity index (χ2n) is 6.76. The Hall–Kier alpha value is -4.47. The van der Waals surface area contributed by atoms with Gasteiger partial charge in [0.2, 0.25) is 0 Å². The van der Waals surface area contributed by atoms with Crippen LogP contribution in [0.15, 0.2) is 61.4 Å². The second-order valence-corrected chi connectivity index (χ2v) is 6.76. The number of hydrogen-bond donors (Lipinski definition) is 1. The van der Waals surface area contributed by atoms with Gasteiger partial charge in [-0.25, -0.2) is 23.8 Å². The van der Waals surface area contributed by atoms with Crippen molar-refractivity contribution in [3.05, 3.63) is 72.6 Å². The van der Waals surface area contributed by atoms with Gasteiger partial charge < -0.3 is 14.8 Å². The summed E-state index contributed by atoms with van der Waals surface area (Å²) < 4.78 is 14.1. The first kappa shape index (κ1) is 18.6. The molecule has 31 heavy (non-hydrogen) atoms. The minimum absolute atomic E-state index is 0.381. The van der Waals surface area contributed by atoms with Crippen LogP contribution in [-0.2, 0) is 4.74 Å². The number of benzene rings is 1. The standard InChI is InChI=1S/C21H17N7O3/c1-13-9-14(3-4-17(13)31-15-5-7-27-18(10-15)22-11-24-27)26-20-19-16(21(29)30-2)6-8-28(19)25-12-23-20/h3-12H,1-2H3,(H,23,25,26). The summed E-state index contributed by atoms with van der Waals surface area (Å²) in [5.74, 6) is 1.41. The summed E-state index contributed by atoms with van der Waals surface area (Å²) in [5, 5.41) is 11.5. The van der Waals surface area contributed by atoms with Crippen molar-refractivity contribution in [2.45, 2.75) is 6.92 Å². The number of ether oxygens (including phenoxy) is 2. The first-order valence-electron chi connectivity index (χ1n) is 9.38. The smallest absolute Gasteiger partial charge is 0.340 e. The van der Waals surface area contributed by atoms with Crippen LogP contribution in [0.3, 0.4) is 0 Å². The van der Waals surface area contributed by atoms with Gasteiger partial charge in [0.1, 0.15) is 29.7 Å². The summed E-state index contributed by atoms with van der Waals surface area (Å²) in [6.07, 6.45) is 6.38. The topological polar surface area (TPSA) is 108 Å². The molecule has 0 aliphatic heterocycles. The van der Waals surface area contributed by atoms with E-state index in [0.29, 0.717) is 34.0 Å². The number of carbonyl (C=O) groups is 1. The molecule has 4 aromatic heterocycles. The largest absolute Gasteiger partial charge is 0.465 e. The van der Waals surface area contributed by atoms with Crippen LogP contribution in [0, 0.1) is 6.92 Å². The molecule has 0 fully saturated rings. The Labute approximate surface area is 176 Å². The van der Waals surface area contributed by atoms with E-state index >= 15 is 0 Å². The first-order chi connectivity index (χ1) is 15.1. The molecule has 5 rings (SSSR count). The van der Waals surface area contributed by atoms with E-state index in [-0.39, 0.29) is 0 Å². The third kappa shape index (κ3) is 3.39. The van der Waals surface area contributed by atoms with E-state index in [2.05, 4.69) is 25.5 Å². The van der Waals surface area contributed by atoms with Gasteiger partial charge in [-0.05, 0) is 42.8 Å². The van der Waals surface area contributed by atoms with E-state index in [1.165, 1.54) is 19.8 Å². The van der Waals surface area contributed by atoms with Crippen molar-refractivity contribution in [3.8, 4) is 11.5 Å². The van der Waals surface area contributed by atoms with Gasteiger partial charge in [0.05, 0.1) is 12.7 Å². The molecule has 0 radical (unpaired) electrons. The summed E-state index contributed by atoms with van der Waals surface area (Å²) >= 11 is 0. The van der Waals surface area contributed by atoms with Crippen molar-refractivity contribution >= 4 is 28.6 Å². The third-order valence-electron chi connectivity index (χ3n) is 4.78. The second kappa shape index (κ2) is 7.41. The number of esters is 1. The van der Waals surface area contributed by atoms with E-state index in [1.807, 2.05) is 37.3 Å². The molecule has 0 amide bonds. The molecule has 0 spiro atoms. The van der Waals surface area contributed by atoms with Crippen LogP contribution < -0.4 is 10.1 Å². The van der Waals surface area contributed by atoms with Gasteiger partial charge in [0.25, 0.3) is 0 Å². The van der Waals surface area contributed by atoms with Gasteiger partial charge in [-0.15, -0.1) is 0 Å². The fraction of sp³-hybridized carbons (Fsp3) is 0.0952. The van der Waals surface area contributed by atoms with E-state index in [4.69, 9.17) is 9.47 Å².